The summed E-state index contributed by atoms with van der Waals surface area (Å²) in [5.74, 6) is 1.02. The lowest BCUT2D eigenvalue weighted by Gasteiger charge is -2.32. The Labute approximate surface area is 141 Å². The first-order valence-corrected chi connectivity index (χ1v) is 8.52. The van der Waals surface area contributed by atoms with Gasteiger partial charge in [-0.15, -0.1) is 5.10 Å². The molecule has 5 heteroatoms. The maximum Gasteiger partial charge on any atom is 0.159 e. The minimum absolute atomic E-state index is 0.278. The van der Waals surface area contributed by atoms with Crippen LogP contribution in [0.1, 0.15) is 18.9 Å². The summed E-state index contributed by atoms with van der Waals surface area (Å²) in [4.78, 5) is 6.64. The molecule has 0 saturated carbocycles. The Morgan fingerprint density at radius 2 is 2.04 bits per heavy atom. The summed E-state index contributed by atoms with van der Waals surface area (Å²) in [7, 11) is 0. The van der Waals surface area contributed by atoms with Gasteiger partial charge in [-0.2, -0.15) is 0 Å². The van der Waals surface area contributed by atoms with Crippen LogP contribution in [0.25, 0.3) is 16.6 Å². The van der Waals surface area contributed by atoms with Gasteiger partial charge in [-0.3, -0.25) is 4.98 Å². The van der Waals surface area contributed by atoms with E-state index in [1.807, 2.05) is 17.1 Å². The summed E-state index contributed by atoms with van der Waals surface area (Å²) < 4.78 is 7.80. The molecule has 1 saturated heterocycles. The van der Waals surface area contributed by atoms with E-state index in [-0.39, 0.29) is 6.10 Å². The van der Waals surface area contributed by atoms with Gasteiger partial charge in [0.15, 0.2) is 5.82 Å². The number of benzene rings is 1. The number of nitrogens with zero attached hydrogens (tertiary/aromatic N) is 4. The van der Waals surface area contributed by atoms with E-state index in [0.29, 0.717) is 0 Å². The van der Waals surface area contributed by atoms with Crippen molar-refractivity contribution in [3.05, 3.63) is 48.3 Å². The van der Waals surface area contributed by atoms with Crippen molar-refractivity contribution in [3.63, 3.8) is 0 Å². The first kappa shape index (κ1) is 15.1. The fraction of sp³-hybridized carbons (Fsp3) is 0.368. The number of hydrogen-bond donors (Lipinski definition) is 0. The van der Waals surface area contributed by atoms with Crippen molar-refractivity contribution < 1.29 is 4.74 Å². The molecule has 4 rings (SSSR count). The molecule has 1 aliphatic heterocycles. The number of ether oxygens (including phenoxy) is 1. The molecule has 1 atom stereocenters. The van der Waals surface area contributed by atoms with Crippen LogP contribution in [-0.2, 0) is 4.74 Å². The van der Waals surface area contributed by atoms with Gasteiger partial charge in [0, 0.05) is 24.7 Å². The predicted molar refractivity (Wildman–Crippen MR) is 95.8 cm³/mol. The Morgan fingerprint density at radius 1 is 1.21 bits per heavy atom. The second kappa shape index (κ2) is 6.24. The van der Waals surface area contributed by atoms with Crippen molar-refractivity contribution in [1.82, 2.24) is 14.8 Å². The molecule has 0 N–H and O–H groups in total. The third-order valence-electron chi connectivity index (χ3n) is 4.64. The zero-order valence-corrected chi connectivity index (χ0v) is 14.1. The molecule has 0 bridgehead atoms. The lowest BCUT2D eigenvalue weighted by Crippen LogP contribution is -2.42. The number of fused-ring (bicyclic) bond motifs is 1. The molecule has 1 aromatic carbocycles. The number of aromatic nitrogens is 3. The van der Waals surface area contributed by atoms with Crippen LogP contribution in [0.2, 0.25) is 0 Å². The normalized spacial score (nSPS) is 18.2. The molecule has 2 aromatic heterocycles. The monoisotopic (exact) mass is 322 g/mol. The second-order valence-electron chi connectivity index (χ2n) is 6.31. The standard InChI is InChI=1S/C19H22N4O/c1-3-16-13-22(10-11-24-16)19-17-8-9-20-12-18(17)23(21-19)15-6-4-14(2)5-7-15/h4-9,12,16H,3,10-11,13H2,1-2H3. The van der Waals surface area contributed by atoms with Crippen LogP contribution < -0.4 is 4.90 Å². The molecule has 1 aliphatic rings. The van der Waals surface area contributed by atoms with E-state index in [9.17, 15) is 0 Å². The lowest BCUT2D eigenvalue weighted by molar-refractivity contribution is 0.0382. The maximum atomic E-state index is 5.81. The van der Waals surface area contributed by atoms with Crippen LogP contribution >= 0.6 is 0 Å². The lowest BCUT2D eigenvalue weighted by atomic mass is 10.2. The van der Waals surface area contributed by atoms with Gasteiger partial charge in [-0.25, -0.2) is 4.68 Å². The number of morpholine rings is 1. The molecule has 3 aromatic rings. The summed E-state index contributed by atoms with van der Waals surface area (Å²) in [6.07, 6.45) is 5.03. The molecule has 3 heterocycles. The Bertz CT molecular complexity index is 840. The smallest absolute Gasteiger partial charge is 0.159 e. The highest BCUT2D eigenvalue weighted by Crippen LogP contribution is 2.29. The van der Waals surface area contributed by atoms with Gasteiger partial charge in [-0.05, 0) is 31.5 Å². The highest BCUT2D eigenvalue weighted by Gasteiger charge is 2.24. The van der Waals surface area contributed by atoms with Crippen molar-refractivity contribution in [2.45, 2.75) is 26.4 Å². The SMILES string of the molecule is CCC1CN(c2nn(-c3ccc(C)cc3)c3cnccc23)CCO1. The molecule has 24 heavy (non-hydrogen) atoms. The fourth-order valence-electron chi connectivity index (χ4n) is 3.22. The van der Waals surface area contributed by atoms with E-state index in [4.69, 9.17) is 9.84 Å². The van der Waals surface area contributed by atoms with E-state index in [2.05, 4.69) is 54.1 Å². The Morgan fingerprint density at radius 3 is 2.83 bits per heavy atom. The zero-order valence-electron chi connectivity index (χ0n) is 14.1. The van der Waals surface area contributed by atoms with Gasteiger partial charge in [0.2, 0.25) is 0 Å². The molecule has 1 fully saturated rings. The fourth-order valence-corrected chi connectivity index (χ4v) is 3.22. The summed E-state index contributed by atoms with van der Waals surface area (Å²) in [6, 6.07) is 10.5. The minimum atomic E-state index is 0.278. The predicted octanol–water partition coefficient (Wildman–Crippen LogP) is 3.34. The van der Waals surface area contributed by atoms with Crippen LogP contribution in [0.5, 0.6) is 0 Å². The molecule has 0 spiro atoms. The number of pyridine rings is 1. The molecular weight excluding hydrogens is 300 g/mol. The first-order valence-electron chi connectivity index (χ1n) is 8.52. The van der Waals surface area contributed by atoms with E-state index in [1.54, 1.807) is 0 Å². The van der Waals surface area contributed by atoms with Crippen molar-refractivity contribution in [2.75, 3.05) is 24.6 Å². The largest absolute Gasteiger partial charge is 0.375 e. The summed E-state index contributed by atoms with van der Waals surface area (Å²) in [6.45, 7) is 6.78. The molecule has 1 unspecified atom stereocenters. The number of hydrogen-bond acceptors (Lipinski definition) is 4. The minimum Gasteiger partial charge on any atom is -0.375 e. The maximum absolute atomic E-state index is 5.81. The quantitative estimate of drug-likeness (QED) is 0.742. The van der Waals surface area contributed by atoms with Crippen molar-refractivity contribution in [3.8, 4) is 5.69 Å². The molecule has 0 radical (unpaired) electrons. The number of rotatable bonds is 3. The van der Waals surface area contributed by atoms with Crippen LogP contribution in [0.3, 0.4) is 0 Å². The van der Waals surface area contributed by atoms with Crippen LogP contribution in [-0.4, -0.2) is 40.6 Å². The summed E-state index contributed by atoms with van der Waals surface area (Å²) in [5.41, 5.74) is 3.34. The van der Waals surface area contributed by atoms with Crippen LogP contribution in [0.15, 0.2) is 42.7 Å². The van der Waals surface area contributed by atoms with Crippen LogP contribution in [0.4, 0.5) is 5.82 Å². The van der Waals surface area contributed by atoms with E-state index in [0.717, 1.165) is 48.5 Å². The van der Waals surface area contributed by atoms with E-state index >= 15 is 0 Å². The molecule has 124 valence electrons. The zero-order chi connectivity index (χ0) is 16.5. The Kier molecular flexibility index (Phi) is 3.94. The van der Waals surface area contributed by atoms with Gasteiger partial charge in [0.1, 0.15) is 0 Å². The summed E-state index contributed by atoms with van der Waals surface area (Å²) >= 11 is 0. The third kappa shape index (κ3) is 2.65. The highest BCUT2D eigenvalue weighted by molar-refractivity contribution is 5.91. The number of anilines is 1. The molecule has 0 amide bonds. The second-order valence-corrected chi connectivity index (χ2v) is 6.31. The first-order chi connectivity index (χ1) is 11.8. The average molecular weight is 322 g/mol. The third-order valence-corrected chi connectivity index (χ3v) is 4.64. The van der Waals surface area contributed by atoms with E-state index < -0.39 is 0 Å². The Balaban J connectivity index is 1.80. The molecule has 5 nitrogen and oxygen atoms in total. The van der Waals surface area contributed by atoms with Gasteiger partial charge in [0.05, 0.1) is 30.1 Å². The van der Waals surface area contributed by atoms with Gasteiger partial charge < -0.3 is 9.64 Å². The Hall–Kier alpha value is -2.40. The van der Waals surface area contributed by atoms with Gasteiger partial charge >= 0.3 is 0 Å². The van der Waals surface area contributed by atoms with Crippen molar-refractivity contribution in [1.29, 1.82) is 0 Å². The summed E-state index contributed by atoms with van der Waals surface area (Å²) in [5, 5.41) is 6.07. The van der Waals surface area contributed by atoms with Crippen molar-refractivity contribution >= 4 is 16.7 Å². The van der Waals surface area contributed by atoms with Crippen LogP contribution in [0, 0.1) is 6.92 Å². The highest BCUT2D eigenvalue weighted by atomic mass is 16.5. The average Bonchev–Trinajstić information content (AvgIpc) is 3.02. The van der Waals surface area contributed by atoms with Gasteiger partial charge in [-0.1, -0.05) is 24.6 Å². The molecular formula is C19H22N4O. The van der Waals surface area contributed by atoms with Gasteiger partial charge in [0.25, 0.3) is 0 Å². The van der Waals surface area contributed by atoms with E-state index in [1.165, 1.54) is 5.56 Å². The number of aryl methyl sites for hydroxylation is 1. The van der Waals surface area contributed by atoms with Crippen molar-refractivity contribution in [2.24, 2.45) is 0 Å². The topological polar surface area (TPSA) is 43.2 Å². The molecule has 0 aliphatic carbocycles.